The van der Waals surface area contributed by atoms with Crippen LogP contribution >= 0.6 is 11.8 Å². The molecule has 230 valence electrons. The Hall–Kier alpha value is -2.14. The molecule has 0 aromatic carbocycles. The number of nitrogens with one attached hydrogen (secondary N) is 2. The summed E-state index contributed by atoms with van der Waals surface area (Å²) in [5, 5.41) is 22.8. The summed E-state index contributed by atoms with van der Waals surface area (Å²) in [6.07, 6.45) is 21.4. The van der Waals surface area contributed by atoms with Gasteiger partial charge in [-0.25, -0.2) is 4.79 Å². The first kappa shape index (κ1) is 35.9. The number of amides is 2. The Morgan fingerprint density at radius 2 is 1.50 bits per heavy atom. The van der Waals surface area contributed by atoms with Crippen molar-refractivity contribution in [2.24, 2.45) is 0 Å². The number of esters is 1. The summed E-state index contributed by atoms with van der Waals surface area (Å²) >= 11 is 1.49. The van der Waals surface area contributed by atoms with Crippen LogP contribution in [0.1, 0.15) is 109 Å². The average Bonchev–Trinajstić information content (AvgIpc) is 3.40. The van der Waals surface area contributed by atoms with Gasteiger partial charge in [-0.05, 0) is 12.2 Å². The van der Waals surface area contributed by atoms with Crippen molar-refractivity contribution in [3.8, 4) is 0 Å². The van der Waals surface area contributed by atoms with E-state index in [0.717, 1.165) is 18.7 Å². The number of aromatic nitrogens is 3. The SMILES string of the molecule is CCCCCCCCCCCCCCCCn1cc(CCSC[C@H](NC(C)=O)C(=O)N[C@@H](CO)C(=O)OC)nn1. The number of carbonyl (C=O) groups excluding carboxylic acids is 3. The zero-order chi connectivity index (χ0) is 29.4. The molecule has 11 heteroatoms. The molecule has 2 atom stereocenters. The molecular weight excluding hydrogens is 530 g/mol. The van der Waals surface area contributed by atoms with E-state index in [4.69, 9.17) is 0 Å². The van der Waals surface area contributed by atoms with Crippen LogP contribution in [-0.4, -0.2) is 75.2 Å². The first-order valence-corrected chi connectivity index (χ1v) is 16.3. The maximum atomic E-state index is 12.5. The Morgan fingerprint density at radius 3 is 2.02 bits per heavy atom. The first-order valence-electron chi connectivity index (χ1n) is 15.1. The Morgan fingerprint density at radius 1 is 0.925 bits per heavy atom. The predicted octanol–water partition coefficient (Wildman–Crippen LogP) is 4.19. The lowest BCUT2D eigenvalue weighted by molar-refractivity contribution is -0.146. The van der Waals surface area contributed by atoms with Gasteiger partial charge in [-0.2, -0.15) is 11.8 Å². The molecule has 0 bridgehead atoms. The number of carbonyl (C=O) groups is 3. The summed E-state index contributed by atoms with van der Waals surface area (Å²) in [6, 6.07) is -2.01. The van der Waals surface area contributed by atoms with Crippen LogP contribution in [0, 0.1) is 0 Å². The number of hydrogen-bond acceptors (Lipinski definition) is 8. The highest BCUT2D eigenvalue weighted by molar-refractivity contribution is 7.99. The maximum absolute atomic E-state index is 12.5. The minimum absolute atomic E-state index is 0.317. The van der Waals surface area contributed by atoms with Crippen molar-refractivity contribution in [3.05, 3.63) is 11.9 Å². The molecule has 0 aliphatic heterocycles. The van der Waals surface area contributed by atoms with Crippen molar-refractivity contribution in [1.29, 1.82) is 0 Å². The number of thioether (sulfide) groups is 1. The maximum Gasteiger partial charge on any atom is 0.330 e. The largest absolute Gasteiger partial charge is 0.467 e. The highest BCUT2D eigenvalue weighted by Gasteiger charge is 2.26. The minimum Gasteiger partial charge on any atom is -0.467 e. The second-order valence-corrected chi connectivity index (χ2v) is 11.6. The molecule has 0 radical (unpaired) electrons. The fourth-order valence-electron chi connectivity index (χ4n) is 4.43. The molecule has 0 unspecified atom stereocenters. The number of rotatable bonds is 25. The Kier molecular flexibility index (Phi) is 21.1. The van der Waals surface area contributed by atoms with E-state index in [1.54, 1.807) is 0 Å². The van der Waals surface area contributed by atoms with Gasteiger partial charge in [0.05, 0.1) is 19.4 Å². The summed E-state index contributed by atoms with van der Waals surface area (Å²) in [4.78, 5) is 35.7. The van der Waals surface area contributed by atoms with Gasteiger partial charge in [0, 0.05) is 31.8 Å². The third-order valence-electron chi connectivity index (χ3n) is 6.79. The van der Waals surface area contributed by atoms with Crippen LogP contribution in [0.4, 0.5) is 0 Å². The Labute approximate surface area is 245 Å². The molecule has 0 saturated carbocycles. The van der Waals surface area contributed by atoms with Gasteiger partial charge >= 0.3 is 5.97 Å². The standard InChI is InChI=1S/C29H53N5O5S/c1-4-5-6-7-8-9-10-11-12-13-14-15-16-17-19-34-21-25(32-33-34)18-20-40-23-27(30-24(2)36)28(37)31-26(22-35)29(38)39-3/h21,26-27,35H,4-20,22-23H2,1-3H3,(H,30,36)(H,31,37)/t26-,27-/m0/s1. The Bertz CT molecular complexity index is 822. The number of aryl methyl sites for hydroxylation is 2. The lowest BCUT2D eigenvalue weighted by atomic mass is 10.0. The highest BCUT2D eigenvalue weighted by atomic mass is 32.2. The second kappa shape index (κ2) is 23.6. The van der Waals surface area contributed by atoms with Crippen molar-refractivity contribution < 1.29 is 24.2 Å². The van der Waals surface area contributed by atoms with Crippen molar-refractivity contribution in [2.45, 2.75) is 129 Å². The molecule has 3 N–H and O–H groups in total. The van der Waals surface area contributed by atoms with Crippen LogP contribution in [-0.2, 0) is 32.1 Å². The van der Waals surface area contributed by atoms with Gasteiger partial charge in [0.2, 0.25) is 11.8 Å². The van der Waals surface area contributed by atoms with E-state index in [1.807, 2.05) is 10.9 Å². The number of aliphatic hydroxyl groups is 1. The third kappa shape index (κ3) is 17.5. The summed E-state index contributed by atoms with van der Waals surface area (Å²) in [5.74, 6) is -0.640. The number of nitrogens with zero attached hydrogens (tertiary/aromatic N) is 3. The van der Waals surface area contributed by atoms with E-state index in [9.17, 15) is 19.5 Å². The molecule has 2 amide bonds. The van der Waals surface area contributed by atoms with Gasteiger partial charge in [0.1, 0.15) is 6.04 Å². The molecule has 0 aliphatic carbocycles. The molecule has 1 aromatic heterocycles. The monoisotopic (exact) mass is 583 g/mol. The van der Waals surface area contributed by atoms with E-state index >= 15 is 0 Å². The zero-order valence-electron chi connectivity index (χ0n) is 25.0. The zero-order valence-corrected chi connectivity index (χ0v) is 25.8. The summed E-state index contributed by atoms with van der Waals surface area (Å²) in [6.45, 7) is 3.87. The second-order valence-electron chi connectivity index (χ2n) is 10.4. The molecule has 1 aromatic rings. The van der Waals surface area contributed by atoms with Gasteiger partial charge in [-0.1, -0.05) is 95.6 Å². The van der Waals surface area contributed by atoms with E-state index in [1.165, 1.54) is 109 Å². The molecule has 10 nitrogen and oxygen atoms in total. The van der Waals surface area contributed by atoms with Crippen molar-refractivity contribution in [3.63, 3.8) is 0 Å². The van der Waals surface area contributed by atoms with Crippen molar-refractivity contribution >= 4 is 29.5 Å². The summed E-state index contributed by atoms with van der Waals surface area (Å²) in [5.41, 5.74) is 0.893. The van der Waals surface area contributed by atoms with Crippen LogP contribution in [0.15, 0.2) is 6.20 Å². The van der Waals surface area contributed by atoms with Gasteiger partial charge < -0.3 is 20.5 Å². The van der Waals surface area contributed by atoms with E-state index < -0.39 is 30.6 Å². The lowest BCUT2D eigenvalue weighted by Gasteiger charge is -2.20. The van der Waals surface area contributed by atoms with E-state index in [2.05, 4.69) is 32.6 Å². The van der Waals surface area contributed by atoms with Gasteiger partial charge in [-0.15, -0.1) is 5.10 Å². The van der Waals surface area contributed by atoms with Crippen LogP contribution in [0.3, 0.4) is 0 Å². The van der Waals surface area contributed by atoms with E-state index in [0.29, 0.717) is 17.9 Å². The smallest absolute Gasteiger partial charge is 0.330 e. The van der Waals surface area contributed by atoms with Gasteiger partial charge in [0.25, 0.3) is 0 Å². The first-order chi connectivity index (χ1) is 19.4. The number of aliphatic hydroxyl groups excluding tert-OH is 1. The molecule has 0 spiro atoms. The minimum atomic E-state index is -1.17. The molecule has 40 heavy (non-hydrogen) atoms. The molecule has 0 saturated heterocycles. The quantitative estimate of drug-likeness (QED) is 0.115. The molecule has 0 fully saturated rings. The number of methoxy groups -OCH3 is 1. The molecule has 0 aliphatic rings. The normalized spacial score (nSPS) is 12.6. The molecular formula is C29H53N5O5S. The van der Waals surface area contributed by atoms with Crippen molar-refractivity contribution in [1.82, 2.24) is 25.6 Å². The third-order valence-corrected chi connectivity index (χ3v) is 7.85. The van der Waals surface area contributed by atoms with Crippen LogP contribution in [0.5, 0.6) is 0 Å². The van der Waals surface area contributed by atoms with Crippen LogP contribution in [0.2, 0.25) is 0 Å². The van der Waals surface area contributed by atoms with E-state index in [-0.39, 0.29) is 5.91 Å². The predicted molar refractivity (Wildman–Crippen MR) is 160 cm³/mol. The average molecular weight is 584 g/mol. The highest BCUT2D eigenvalue weighted by Crippen LogP contribution is 2.13. The summed E-state index contributed by atoms with van der Waals surface area (Å²) < 4.78 is 6.46. The fourth-order valence-corrected chi connectivity index (χ4v) is 5.42. The number of unbranched alkanes of at least 4 members (excludes halogenated alkanes) is 13. The van der Waals surface area contributed by atoms with Gasteiger partial charge in [-0.3, -0.25) is 14.3 Å². The van der Waals surface area contributed by atoms with Crippen LogP contribution in [0.25, 0.3) is 0 Å². The van der Waals surface area contributed by atoms with Crippen LogP contribution < -0.4 is 10.6 Å². The summed E-state index contributed by atoms with van der Waals surface area (Å²) in [7, 11) is 1.18. The fraction of sp³-hybridized carbons (Fsp3) is 0.828. The van der Waals surface area contributed by atoms with Gasteiger partial charge in [0.15, 0.2) is 6.04 Å². The number of hydrogen-bond donors (Lipinski definition) is 3. The Balaban J connectivity index is 2.16. The molecule has 1 heterocycles. The topological polar surface area (TPSA) is 135 Å². The number of ether oxygens (including phenoxy) is 1. The lowest BCUT2D eigenvalue weighted by Crippen LogP contribution is -2.53. The molecule has 1 rings (SSSR count). The van der Waals surface area contributed by atoms with Crippen molar-refractivity contribution in [2.75, 3.05) is 25.2 Å².